The third kappa shape index (κ3) is 4.28. The van der Waals surface area contributed by atoms with Crippen molar-refractivity contribution in [1.82, 2.24) is 15.6 Å². The van der Waals surface area contributed by atoms with Crippen LogP contribution in [0.2, 0.25) is 5.02 Å². The zero-order chi connectivity index (χ0) is 20.3. The Morgan fingerprint density at radius 2 is 2.25 bits per heavy atom. The normalized spacial score (nSPS) is 16.5. The Bertz CT molecular complexity index is 875. The van der Waals surface area contributed by atoms with Crippen molar-refractivity contribution in [3.05, 3.63) is 46.2 Å². The van der Waals surface area contributed by atoms with Crippen LogP contribution in [0.15, 0.2) is 24.3 Å². The third-order valence-corrected chi connectivity index (χ3v) is 5.48. The highest BCUT2D eigenvalue weighted by Crippen LogP contribution is 2.40. The molecule has 1 amide bonds. The lowest BCUT2D eigenvalue weighted by Crippen LogP contribution is -2.41. The molecule has 2 aromatic rings. The molecule has 2 N–H and O–H groups in total. The van der Waals surface area contributed by atoms with E-state index in [-0.39, 0.29) is 23.0 Å². The van der Waals surface area contributed by atoms with Gasteiger partial charge in [-0.05, 0) is 37.0 Å². The van der Waals surface area contributed by atoms with Gasteiger partial charge in [-0.15, -0.1) is 0 Å². The SMILES string of the molecule is CCC(CNC1CCc2cc(-c3cccc(F)c3Cl)nc(OC)c21)NC(C)=O. The lowest BCUT2D eigenvalue weighted by molar-refractivity contribution is -0.119. The molecule has 1 heterocycles. The average molecular weight is 406 g/mol. The van der Waals surface area contributed by atoms with E-state index in [4.69, 9.17) is 16.3 Å². The summed E-state index contributed by atoms with van der Waals surface area (Å²) in [7, 11) is 1.58. The van der Waals surface area contributed by atoms with Gasteiger partial charge in [-0.25, -0.2) is 9.37 Å². The van der Waals surface area contributed by atoms with Crippen molar-refractivity contribution in [1.29, 1.82) is 0 Å². The molecule has 3 rings (SSSR count). The molecule has 0 bridgehead atoms. The van der Waals surface area contributed by atoms with Gasteiger partial charge >= 0.3 is 0 Å². The van der Waals surface area contributed by atoms with E-state index in [9.17, 15) is 9.18 Å². The predicted octanol–water partition coefficient (Wildman–Crippen LogP) is 4.04. The number of amides is 1. The maximum Gasteiger partial charge on any atom is 0.218 e. The summed E-state index contributed by atoms with van der Waals surface area (Å²) in [4.78, 5) is 15.9. The van der Waals surface area contributed by atoms with E-state index in [0.717, 1.165) is 30.4 Å². The quantitative estimate of drug-likeness (QED) is 0.729. The first-order chi connectivity index (χ1) is 13.4. The maximum atomic E-state index is 13.9. The van der Waals surface area contributed by atoms with Crippen molar-refractivity contribution < 1.29 is 13.9 Å². The summed E-state index contributed by atoms with van der Waals surface area (Å²) in [6.07, 6.45) is 2.62. The fraction of sp³-hybridized carbons (Fsp3) is 0.429. The first-order valence-corrected chi connectivity index (χ1v) is 9.85. The molecule has 0 saturated heterocycles. The van der Waals surface area contributed by atoms with Gasteiger partial charge in [-0.3, -0.25) is 4.79 Å². The highest BCUT2D eigenvalue weighted by molar-refractivity contribution is 6.33. The van der Waals surface area contributed by atoms with Crippen LogP contribution in [0.25, 0.3) is 11.3 Å². The zero-order valence-corrected chi connectivity index (χ0v) is 17.1. The number of carbonyl (C=O) groups is 1. The molecular weight excluding hydrogens is 381 g/mol. The van der Waals surface area contributed by atoms with Crippen LogP contribution in [0.4, 0.5) is 4.39 Å². The number of methoxy groups -OCH3 is 1. The van der Waals surface area contributed by atoms with Gasteiger partial charge in [0.2, 0.25) is 11.8 Å². The number of hydrogen-bond donors (Lipinski definition) is 2. The number of pyridine rings is 1. The fourth-order valence-electron chi connectivity index (χ4n) is 3.67. The summed E-state index contributed by atoms with van der Waals surface area (Å²) in [6.45, 7) is 4.24. The second-order valence-electron chi connectivity index (χ2n) is 7.00. The standard InChI is InChI=1S/C21H25ClFN3O2/c1-4-14(25-12(2)27)11-24-17-9-8-13-10-18(26-21(28-3)19(13)17)15-6-5-7-16(23)20(15)22/h5-7,10,14,17,24H,4,8-9,11H2,1-3H3,(H,25,27). The Kier molecular flexibility index (Phi) is 6.52. The molecule has 28 heavy (non-hydrogen) atoms. The minimum atomic E-state index is -0.469. The smallest absolute Gasteiger partial charge is 0.218 e. The Hall–Kier alpha value is -2.18. The molecule has 0 saturated carbocycles. The number of aromatic nitrogens is 1. The minimum Gasteiger partial charge on any atom is -0.481 e. The van der Waals surface area contributed by atoms with Gasteiger partial charge in [-0.2, -0.15) is 0 Å². The highest BCUT2D eigenvalue weighted by Gasteiger charge is 2.29. The number of rotatable bonds is 7. The van der Waals surface area contributed by atoms with Gasteiger partial charge in [-0.1, -0.05) is 30.7 Å². The van der Waals surface area contributed by atoms with E-state index in [1.807, 2.05) is 13.0 Å². The van der Waals surface area contributed by atoms with Gasteiger partial charge < -0.3 is 15.4 Å². The summed E-state index contributed by atoms with van der Waals surface area (Å²) < 4.78 is 19.4. The van der Waals surface area contributed by atoms with Crippen LogP contribution in [-0.2, 0) is 11.2 Å². The van der Waals surface area contributed by atoms with E-state index in [2.05, 4.69) is 15.6 Å². The van der Waals surface area contributed by atoms with E-state index < -0.39 is 5.82 Å². The Labute approximate surface area is 169 Å². The summed E-state index contributed by atoms with van der Waals surface area (Å²) in [5.41, 5.74) is 3.30. The van der Waals surface area contributed by atoms with Gasteiger partial charge in [0.1, 0.15) is 5.82 Å². The van der Waals surface area contributed by atoms with Crippen LogP contribution in [0.3, 0.4) is 0 Å². The monoisotopic (exact) mass is 405 g/mol. The van der Waals surface area contributed by atoms with E-state index in [1.54, 1.807) is 19.2 Å². The number of ether oxygens (including phenoxy) is 1. The van der Waals surface area contributed by atoms with Gasteiger partial charge in [0, 0.05) is 36.7 Å². The van der Waals surface area contributed by atoms with Crippen molar-refractivity contribution in [2.75, 3.05) is 13.7 Å². The van der Waals surface area contributed by atoms with Crippen molar-refractivity contribution in [2.24, 2.45) is 0 Å². The Balaban J connectivity index is 1.86. The molecule has 0 spiro atoms. The van der Waals surface area contributed by atoms with Crippen molar-refractivity contribution >= 4 is 17.5 Å². The summed E-state index contributed by atoms with van der Waals surface area (Å²) >= 11 is 6.14. The number of nitrogens with one attached hydrogen (secondary N) is 2. The molecule has 0 fully saturated rings. The van der Waals surface area contributed by atoms with E-state index >= 15 is 0 Å². The molecular formula is C21H25ClFN3O2. The molecule has 1 aliphatic carbocycles. The third-order valence-electron chi connectivity index (χ3n) is 5.09. The number of halogens is 2. The maximum absolute atomic E-state index is 13.9. The average Bonchev–Trinajstić information content (AvgIpc) is 3.09. The molecule has 5 nitrogen and oxygen atoms in total. The molecule has 2 unspecified atom stereocenters. The number of benzene rings is 1. The minimum absolute atomic E-state index is 0.0312. The van der Waals surface area contributed by atoms with Crippen LogP contribution in [0.5, 0.6) is 5.88 Å². The first-order valence-electron chi connectivity index (χ1n) is 9.47. The van der Waals surface area contributed by atoms with Crippen molar-refractivity contribution in [3.8, 4) is 17.1 Å². The number of aryl methyl sites for hydroxylation is 1. The summed E-state index contributed by atoms with van der Waals surface area (Å²) in [6, 6.07) is 6.84. The molecule has 1 aliphatic rings. The fourth-order valence-corrected chi connectivity index (χ4v) is 3.90. The second-order valence-corrected chi connectivity index (χ2v) is 7.37. The molecule has 150 valence electrons. The molecule has 7 heteroatoms. The van der Waals surface area contributed by atoms with Crippen LogP contribution < -0.4 is 15.4 Å². The molecule has 1 aromatic heterocycles. The van der Waals surface area contributed by atoms with Crippen LogP contribution in [-0.4, -0.2) is 30.6 Å². The molecule has 0 aliphatic heterocycles. The molecule has 2 atom stereocenters. The van der Waals surface area contributed by atoms with Crippen LogP contribution >= 0.6 is 11.6 Å². The second kappa shape index (κ2) is 8.88. The predicted molar refractivity (Wildman–Crippen MR) is 108 cm³/mol. The summed E-state index contributed by atoms with van der Waals surface area (Å²) in [5, 5.41) is 6.54. The summed E-state index contributed by atoms with van der Waals surface area (Å²) in [5.74, 6) is 0.0234. The van der Waals surface area contributed by atoms with Crippen LogP contribution in [0.1, 0.15) is 43.9 Å². The van der Waals surface area contributed by atoms with Gasteiger partial charge in [0.25, 0.3) is 0 Å². The van der Waals surface area contributed by atoms with Gasteiger partial charge in [0.15, 0.2) is 0 Å². The Morgan fingerprint density at radius 3 is 2.93 bits per heavy atom. The number of carbonyl (C=O) groups excluding carboxylic acids is 1. The first kappa shape index (κ1) is 20.6. The van der Waals surface area contributed by atoms with E-state index in [1.165, 1.54) is 13.0 Å². The molecule has 0 radical (unpaired) electrons. The Morgan fingerprint density at radius 1 is 1.46 bits per heavy atom. The lowest BCUT2D eigenvalue weighted by Gasteiger charge is -2.21. The number of nitrogens with zero attached hydrogens (tertiary/aromatic N) is 1. The van der Waals surface area contributed by atoms with Crippen molar-refractivity contribution in [3.63, 3.8) is 0 Å². The zero-order valence-electron chi connectivity index (χ0n) is 16.3. The number of fused-ring (bicyclic) bond motifs is 1. The highest BCUT2D eigenvalue weighted by atomic mass is 35.5. The largest absolute Gasteiger partial charge is 0.481 e. The number of hydrogen-bond acceptors (Lipinski definition) is 4. The van der Waals surface area contributed by atoms with Gasteiger partial charge in [0.05, 0.1) is 17.8 Å². The van der Waals surface area contributed by atoms with E-state index in [0.29, 0.717) is 23.7 Å². The lowest BCUT2D eigenvalue weighted by atomic mass is 10.0. The topological polar surface area (TPSA) is 63.3 Å². The van der Waals surface area contributed by atoms with Crippen LogP contribution in [0, 0.1) is 5.82 Å². The van der Waals surface area contributed by atoms with Crippen molar-refractivity contribution in [2.45, 2.75) is 45.2 Å². The molecule has 1 aromatic carbocycles.